The number of benzene rings is 13. The van der Waals surface area contributed by atoms with Crippen molar-refractivity contribution in [3.05, 3.63) is 288 Å². The molecule has 0 heterocycles. The predicted octanol–water partition coefficient (Wildman–Crippen LogP) is 21.8. The molecule has 0 amide bonds. The van der Waals surface area contributed by atoms with Crippen LogP contribution in [0.2, 0.25) is 0 Å². The summed E-state index contributed by atoms with van der Waals surface area (Å²) in [4.78, 5) is 4.96. The fourth-order valence-electron chi connectivity index (χ4n) is 14.0. The third-order valence-electron chi connectivity index (χ3n) is 17.9. The van der Waals surface area contributed by atoms with Gasteiger partial charge in [0.1, 0.15) is 0 Å². The lowest BCUT2D eigenvalue weighted by atomic mass is 9.79. The van der Waals surface area contributed by atoms with Crippen LogP contribution in [0.5, 0.6) is 0 Å². The van der Waals surface area contributed by atoms with E-state index >= 15 is 0 Å². The minimum atomic E-state index is -0.191. The first kappa shape index (κ1) is 47.7. The van der Waals surface area contributed by atoms with Crippen LogP contribution in [0.1, 0.15) is 61.1 Å². The van der Waals surface area contributed by atoms with E-state index in [0.29, 0.717) is 0 Å². The highest BCUT2D eigenvalue weighted by molar-refractivity contribution is 6.23. The van der Waals surface area contributed by atoms with E-state index in [-0.39, 0.29) is 10.8 Å². The maximum atomic E-state index is 2.52. The molecule has 0 aromatic heterocycles. The predicted molar refractivity (Wildman–Crippen MR) is 341 cm³/mol. The van der Waals surface area contributed by atoms with Crippen molar-refractivity contribution in [2.24, 2.45) is 0 Å². The summed E-state index contributed by atoms with van der Waals surface area (Å²) < 4.78 is 0. The third-order valence-corrected chi connectivity index (χ3v) is 17.9. The van der Waals surface area contributed by atoms with Crippen molar-refractivity contribution in [1.29, 1.82) is 0 Å². The molecular formula is C78H60N2. The van der Waals surface area contributed by atoms with Gasteiger partial charge < -0.3 is 9.80 Å². The topological polar surface area (TPSA) is 6.48 Å². The van der Waals surface area contributed by atoms with Crippen molar-refractivity contribution in [1.82, 2.24) is 0 Å². The molecule has 0 atom stereocenters. The summed E-state index contributed by atoms with van der Waals surface area (Å²) >= 11 is 0. The van der Waals surface area contributed by atoms with Crippen LogP contribution >= 0.6 is 0 Å². The number of fused-ring (bicyclic) bond motifs is 10. The Kier molecular flexibility index (Phi) is 10.7. The zero-order valence-electron chi connectivity index (χ0n) is 46.1. The highest BCUT2D eigenvalue weighted by atomic mass is 15.1. The van der Waals surface area contributed by atoms with Crippen LogP contribution in [0.3, 0.4) is 0 Å². The van der Waals surface area contributed by atoms with Gasteiger partial charge in [-0.25, -0.2) is 0 Å². The molecule has 382 valence electrons. The molecule has 13 aromatic carbocycles. The smallest absolute Gasteiger partial charge is 0.0540 e. The molecule has 0 spiro atoms. The molecule has 0 bridgehead atoms. The van der Waals surface area contributed by atoms with Crippen molar-refractivity contribution < 1.29 is 0 Å². The van der Waals surface area contributed by atoms with Crippen molar-refractivity contribution in [3.63, 3.8) is 0 Å². The molecular weight excluding hydrogens is 965 g/mol. The number of hydrogen-bond donors (Lipinski definition) is 0. The van der Waals surface area contributed by atoms with E-state index in [0.717, 1.165) is 34.1 Å². The first-order chi connectivity index (χ1) is 39.0. The Morgan fingerprint density at radius 3 is 1.09 bits per heavy atom. The summed E-state index contributed by atoms with van der Waals surface area (Å²) in [6.45, 7) is 14.0. The Morgan fingerprint density at radius 1 is 0.263 bits per heavy atom. The monoisotopic (exact) mass is 1020 g/mol. The Balaban J connectivity index is 1.08. The first-order valence-corrected chi connectivity index (χ1v) is 28.2. The maximum absolute atomic E-state index is 2.52. The second-order valence-corrected chi connectivity index (χ2v) is 23.4. The number of nitrogens with zero attached hydrogens (tertiary/aromatic N) is 2. The SMILES string of the molecule is Cc1cccc(N(c2ccc3c(-c4ccc5c(c4)C(C)(C)c4ccccc4-5)c4cc(N(c5cccc(C)c5)c5cccc6ccccc56)ccc4c(-c4ccc5c(c4)C(C)(C)c4ccccc4-5)c3c2)c2cccc3ccccc23)c1. The van der Waals surface area contributed by atoms with Gasteiger partial charge in [-0.05, 0) is 197 Å². The Hall–Kier alpha value is -9.50. The van der Waals surface area contributed by atoms with Crippen LogP contribution in [0.25, 0.3) is 87.6 Å². The molecule has 0 radical (unpaired) electrons. The number of hydrogen-bond acceptors (Lipinski definition) is 2. The normalized spacial score (nSPS) is 13.6. The summed E-state index contributed by atoms with van der Waals surface area (Å²) in [5, 5.41) is 9.65. The van der Waals surface area contributed by atoms with Crippen molar-refractivity contribution in [2.45, 2.75) is 52.4 Å². The maximum Gasteiger partial charge on any atom is 0.0540 e. The van der Waals surface area contributed by atoms with Crippen LogP contribution in [0.4, 0.5) is 34.1 Å². The highest BCUT2D eigenvalue weighted by Gasteiger charge is 2.37. The van der Waals surface area contributed by atoms with Gasteiger partial charge in [-0.15, -0.1) is 0 Å². The lowest BCUT2D eigenvalue weighted by Gasteiger charge is -2.29. The summed E-state index contributed by atoms with van der Waals surface area (Å²) in [6.07, 6.45) is 0. The fraction of sp³-hybridized carbons (Fsp3) is 0.103. The summed E-state index contributed by atoms with van der Waals surface area (Å²) in [7, 11) is 0. The van der Waals surface area contributed by atoms with Gasteiger partial charge in [0.15, 0.2) is 0 Å². The van der Waals surface area contributed by atoms with Crippen LogP contribution in [-0.4, -0.2) is 0 Å². The summed E-state index contributed by atoms with van der Waals surface area (Å²) in [5.41, 5.74) is 24.4. The second kappa shape index (κ2) is 18.0. The first-order valence-electron chi connectivity index (χ1n) is 28.2. The Labute approximate surface area is 469 Å². The van der Waals surface area contributed by atoms with Crippen LogP contribution in [0.15, 0.2) is 255 Å². The molecule has 2 heteroatoms. The van der Waals surface area contributed by atoms with Crippen LogP contribution in [-0.2, 0) is 10.8 Å². The van der Waals surface area contributed by atoms with Crippen LogP contribution < -0.4 is 9.80 Å². The van der Waals surface area contributed by atoms with E-state index in [9.17, 15) is 0 Å². The van der Waals surface area contributed by atoms with Crippen molar-refractivity contribution in [3.8, 4) is 44.5 Å². The van der Waals surface area contributed by atoms with E-state index in [4.69, 9.17) is 0 Å². The van der Waals surface area contributed by atoms with Gasteiger partial charge in [-0.2, -0.15) is 0 Å². The molecule has 0 saturated carbocycles. The zero-order chi connectivity index (χ0) is 54.0. The summed E-state index contributed by atoms with van der Waals surface area (Å²) in [5.74, 6) is 0. The lowest BCUT2D eigenvalue weighted by molar-refractivity contribution is 0.660. The van der Waals surface area contributed by atoms with Gasteiger partial charge >= 0.3 is 0 Å². The van der Waals surface area contributed by atoms with Gasteiger partial charge in [0.05, 0.1) is 11.4 Å². The fourth-order valence-corrected chi connectivity index (χ4v) is 14.0. The Morgan fingerprint density at radius 2 is 0.637 bits per heavy atom. The molecule has 0 fully saturated rings. The van der Waals surface area contributed by atoms with Crippen molar-refractivity contribution in [2.75, 3.05) is 9.80 Å². The van der Waals surface area contributed by atoms with Gasteiger partial charge in [-0.3, -0.25) is 0 Å². The third kappa shape index (κ3) is 7.32. The molecule has 0 N–H and O–H groups in total. The molecule has 0 unspecified atom stereocenters. The average molecular weight is 1030 g/mol. The molecule has 2 aliphatic rings. The van der Waals surface area contributed by atoms with Gasteiger partial charge in [-0.1, -0.05) is 210 Å². The zero-order valence-corrected chi connectivity index (χ0v) is 46.1. The lowest BCUT2D eigenvalue weighted by Crippen LogP contribution is -2.15. The molecule has 2 aliphatic carbocycles. The Bertz CT molecular complexity index is 4400. The van der Waals surface area contributed by atoms with Gasteiger partial charge in [0, 0.05) is 44.4 Å². The van der Waals surface area contributed by atoms with Gasteiger partial charge in [0.25, 0.3) is 0 Å². The summed E-state index contributed by atoms with van der Waals surface area (Å²) in [6, 6.07) is 96.2. The minimum Gasteiger partial charge on any atom is -0.310 e. The minimum absolute atomic E-state index is 0.191. The van der Waals surface area contributed by atoms with Gasteiger partial charge in [0.2, 0.25) is 0 Å². The molecule has 80 heavy (non-hydrogen) atoms. The van der Waals surface area contributed by atoms with E-state index in [1.165, 1.54) is 121 Å². The molecule has 2 nitrogen and oxygen atoms in total. The van der Waals surface area contributed by atoms with E-state index in [2.05, 4.69) is 306 Å². The number of rotatable bonds is 8. The van der Waals surface area contributed by atoms with Crippen molar-refractivity contribution >= 4 is 77.2 Å². The number of anilines is 6. The average Bonchev–Trinajstić information content (AvgIpc) is 3.89. The van der Waals surface area contributed by atoms with E-state index in [1.807, 2.05) is 0 Å². The largest absolute Gasteiger partial charge is 0.310 e. The van der Waals surface area contributed by atoms with E-state index < -0.39 is 0 Å². The molecule has 0 aliphatic heterocycles. The number of aryl methyl sites for hydroxylation is 2. The highest BCUT2D eigenvalue weighted by Crippen LogP contribution is 2.55. The van der Waals surface area contributed by atoms with E-state index in [1.54, 1.807) is 0 Å². The quantitative estimate of drug-likeness (QED) is 0.140. The standard InChI is InChI=1S/C78H60N2/c1-49-19-15-25-55(43-49)79(73-33-17-23-51-21-7-9-27-59(51)73)57-37-41-65-67(47-57)75(53-35-39-63-61-29-11-13-31-69(61)77(3,4)71(63)45-53)66-42-38-58(80(56-26-16-20-50(2)44-56)74-34-18-24-52-22-8-10-28-60(52)74)48-68(66)76(65)54-36-40-64-62-30-12-14-32-70(62)78(5,6)72(64)46-54/h7-48H,1-6H3. The molecule has 13 aromatic rings. The van der Waals surface area contributed by atoms with Crippen LogP contribution in [0, 0.1) is 13.8 Å². The molecule has 15 rings (SSSR count). The molecule has 0 saturated heterocycles. The second-order valence-electron chi connectivity index (χ2n) is 23.4.